The Bertz CT molecular complexity index is 1020. The number of hydrogen-bond acceptors (Lipinski definition) is 4. The topological polar surface area (TPSA) is 70.9 Å². The number of nitrogens with zero attached hydrogens (tertiary/aromatic N) is 2. The first kappa shape index (κ1) is 17.2. The summed E-state index contributed by atoms with van der Waals surface area (Å²) in [6.45, 7) is 0. The molecular formula is C18H13FIN3O2. The summed E-state index contributed by atoms with van der Waals surface area (Å²) in [6, 6.07) is 10.0. The summed E-state index contributed by atoms with van der Waals surface area (Å²) in [4.78, 5) is 7.32. The first-order valence-electron chi connectivity index (χ1n) is 7.24. The van der Waals surface area contributed by atoms with Crippen LogP contribution in [0, 0.1) is 20.7 Å². The highest BCUT2D eigenvalue weighted by Crippen LogP contribution is 2.34. The molecule has 0 aliphatic heterocycles. The van der Waals surface area contributed by atoms with E-state index in [1.54, 1.807) is 32.4 Å². The van der Waals surface area contributed by atoms with Gasteiger partial charge in [-0.1, -0.05) is 0 Å². The van der Waals surface area contributed by atoms with Gasteiger partial charge in [0.05, 0.1) is 34.4 Å². The van der Waals surface area contributed by atoms with Gasteiger partial charge < -0.3 is 14.5 Å². The van der Waals surface area contributed by atoms with E-state index >= 15 is 0 Å². The number of aromatic amines is 1. The number of fused-ring (bicyclic) bond motifs is 1. The summed E-state index contributed by atoms with van der Waals surface area (Å²) in [5, 5.41) is 9.51. The van der Waals surface area contributed by atoms with Gasteiger partial charge in [-0.15, -0.1) is 0 Å². The third-order valence-electron chi connectivity index (χ3n) is 3.59. The van der Waals surface area contributed by atoms with E-state index in [4.69, 9.17) is 9.47 Å². The first-order chi connectivity index (χ1) is 12.0. The van der Waals surface area contributed by atoms with E-state index in [1.807, 2.05) is 6.07 Å². The third-order valence-corrected chi connectivity index (χ3v) is 4.39. The number of aromatic nitrogens is 2. The minimum absolute atomic E-state index is 0.333. The van der Waals surface area contributed by atoms with Crippen molar-refractivity contribution < 1.29 is 13.9 Å². The van der Waals surface area contributed by atoms with Crippen molar-refractivity contribution in [3.8, 4) is 17.6 Å². The molecule has 1 N–H and O–H groups in total. The van der Waals surface area contributed by atoms with Gasteiger partial charge in [0.2, 0.25) is 0 Å². The van der Waals surface area contributed by atoms with Crippen LogP contribution in [0.5, 0.6) is 11.5 Å². The van der Waals surface area contributed by atoms with Gasteiger partial charge in [0.25, 0.3) is 0 Å². The molecule has 2 aromatic carbocycles. The number of allylic oxidation sites excluding steroid dienone is 1. The highest BCUT2D eigenvalue weighted by atomic mass is 127. The monoisotopic (exact) mass is 449 g/mol. The normalized spacial score (nSPS) is 11.4. The second-order valence-electron chi connectivity index (χ2n) is 5.15. The molecule has 0 saturated carbocycles. The standard InChI is InChI=1S/C18H13FIN3O2/c1-24-16-7-10(6-13(20)17(16)25-2)5-11(9-21)18-22-14-4-3-12(19)8-15(14)23-18/h3-8H,1-2H3,(H,22,23)/b11-5-. The van der Waals surface area contributed by atoms with Crippen LogP contribution in [0.1, 0.15) is 11.4 Å². The summed E-state index contributed by atoms with van der Waals surface area (Å²) < 4.78 is 24.8. The van der Waals surface area contributed by atoms with Gasteiger partial charge >= 0.3 is 0 Å². The molecular weight excluding hydrogens is 436 g/mol. The molecule has 126 valence electrons. The van der Waals surface area contributed by atoms with E-state index < -0.39 is 0 Å². The smallest absolute Gasteiger partial charge is 0.174 e. The van der Waals surface area contributed by atoms with Crippen molar-refractivity contribution in [2.75, 3.05) is 14.2 Å². The minimum Gasteiger partial charge on any atom is -0.493 e. The average molecular weight is 449 g/mol. The summed E-state index contributed by atoms with van der Waals surface area (Å²) in [5.41, 5.74) is 2.24. The van der Waals surface area contributed by atoms with Crippen molar-refractivity contribution in [2.24, 2.45) is 0 Å². The molecule has 5 nitrogen and oxygen atoms in total. The maximum Gasteiger partial charge on any atom is 0.174 e. The van der Waals surface area contributed by atoms with Crippen LogP contribution in [0.25, 0.3) is 22.7 Å². The fraction of sp³-hybridized carbons (Fsp3) is 0.111. The Kier molecular flexibility index (Phi) is 4.90. The number of imidazole rings is 1. The van der Waals surface area contributed by atoms with E-state index in [0.29, 0.717) is 33.9 Å². The highest BCUT2D eigenvalue weighted by Gasteiger charge is 2.12. The van der Waals surface area contributed by atoms with Crippen LogP contribution < -0.4 is 9.47 Å². The number of halogens is 2. The molecule has 0 aliphatic carbocycles. The minimum atomic E-state index is -0.361. The summed E-state index contributed by atoms with van der Waals surface area (Å²) in [5.74, 6) is 1.23. The van der Waals surface area contributed by atoms with E-state index in [2.05, 4.69) is 38.6 Å². The molecule has 0 saturated heterocycles. The Morgan fingerprint density at radius 3 is 2.76 bits per heavy atom. The SMILES string of the molecule is COc1cc(/C=C(/C#N)c2nc3ccc(F)cc3[nH]2)cc(I)c1OC. The van der Waals surface area contributed by atoms with Crippen LogP contribution in [0.15, 0.2) is 30.3 Å². The highest BCUT2D eigenvalue weighted by molar-refractivity contribution is 14.1. The average Bonchev–Trinajstić information content (AvgIpc) is 3.01. The predicted octanol–water partition coefficient (Wildman–Crippen LogP) is 4.39. The molecule has 0 amide bonds. The molecule has 0 fully saturated rings. The summed E-state index contributed by atoms with van der Waals surface area (Å²) in [7, 11) is 3.13. The second-order valence-corrected chi connectivity index (χ2v) is 6.32. The Morgan fingerprint density at radius 1 is 1.28 bits per heavy atom. The van der Waals surface area contributed by atoms with Crippen molar-refractivity contribution in [1.82, 2.24) is 9.97 Å². The largest absolute Gasteiger partial charge is 0.493 e. The second kappa shape index (κ2) is 7.11. The molecule has 1 heterocycles. The lowest BCUT2D eigenvalue weighted by Crippen LogP contribution is -1.94. The molecule has 0 bridgehead atoms. The van der Waals surface area contributed by atoms with Gasteiger partial charge in [-0.25, -0.2) is 9.37 Å². The lowest BCUT2D eigenvalue weighted by Gasteiger charge is -2.10. The van der Waals surface area contributed by atoms with Gasteiger partial charge in [0.15, 0.2) is 11.5 Å². The molecule has 1 aromatic heterocycles. The summed E-state index contributed by atoms with van der Waals surface area (Å²) >= 11 is 2.14. The molecule has 0 radical (unpaired) electrons. The van der Waals surface area contributed by atoms with Crippen molar-refractivity contribution in [1.29, 1.82) is 5.26 Å². The summed E-state index contributed by atoms with van der Waals surface area (Å²) in [6.07, 6.45) is 1.69. The molecule has 0 spiro atoms. The Balaban J connectivity index is 2.08. The Morgan fingerprint density at radius 2 is 2.08 bits per heavy atom. The van der Waals surface area contributed by atoms with E-state index in [0.717, 1.165) is 9.13 Å². The lowest BCUT2D eigenvalue weighted by atomic mass is 10.1. The third kappa shape index (κ3) is 3.44. The maximum absolute atomic E-state index is 13.3. The quantitative estimate of drug-likeness (QED) is 0.474. The van der Waals surface area contributed by atoms with Gasteiger partial charge in [-0.3, -0.25) is 0 Å². The number of nitriles is 1. The number of rotatable bonds is 4. The molecule has 3 aromatic rings. The number of nitrogens with one attached hydrogen (secondary N) is 1. The molecule has 0 unspecified atom stereocenters. The first-order valence-corrected chi connectivity index (χ1v) is 8.32. The van der Waals surface area contributed by atoms with Crippen LogP contribution in [0.2, 0.25) is 0 Å². The molecule has 0 aliphatic rings. The zero-order valence-electron chi connectivity index (χ0n) is 13.4. The van der Waals surface area contributed by atoms with Crippen LogP contribution in [-0.2, 0) is 0 Å². The van der Waals surface area contributed by atoms with Crippen LogP contribution >= 0.6 is 22.6 Å². The zero-order valence-corrected chi connectivity index (χ0v) is 15.6. The van der Waals surface area contributed by atoms with Crippen molar-refractivity contribution in [2.45, 2.75) is 0 Å². The number of benzene rings is 2. The van der Waals surface area contributed by atoms with Gasteiger partial charge in [-0.05, 0) is 64.6 Å². The zero-order chi connectivity index (χ0) is 18.0. The Labute approximate surface area is 157 Å². The van der Waals surface area contributed by atoms with E-state index in [9.17, 15) is 9.65 Å². The molecule has 0 atom stereocenters. The van der Waals surface area contributed by atoms with Crippen molar-refractivity contribution in [3.05, 3.63) is 51.1 Å². The predicted molar refractivity (Wildman–Crippen MR) is 102 cm³/mol. The number of hydrogen-bond donors (Lipinski definition) is 1. The molecule has 7 heteroatoms. The van der Waals surface area contributed by atoms with E-state index in [1.165, 1.54) is 12.1 Å². The van der Waals surface area contributed by atoms with Crippen molar-refractivity contribution in [3.63, 3.8) is 0 Å². The van der Waals surface area contributed by atoms with E-state index in [-0.39, 0.29) is 5.82 Å². The maximum atomic E-state index is 13.3. The number of H-pyrrole nitrogens is 1. The van der Waals surface area contributed by atoms with Crippen LogP contribution in [0.4, 0.5) is 4.39 Å². The molecule has 3 rings (SSSR count). The lowest BCUT2D eigenvalue weighted by molar-refractivity contribution is 0.353. The fourth-order valence-electron chi connectivity index (χ4n) is 2.45. The Hall–Kier alpha value is -2.60. The van der Waals surface area contributed by atoms with Crippen LogP contribution in [-0.4, -0.2) is 24.2 Å². The number of ether oxygens (including phenoxy) is 2. The van der Waals surface area contributed by atoms with Gasteiger partial charge in [-0.2, -0.15) is 5.26 Å². The fourth-order valence-corrected chi connectivity index (χ4v) is 3.30. The van der Waals surface area contributed by atoms with Gasteiger partial charge in [0, 0.05) is 0 Å². The number of methoxy groups -OCH3 is 2. The van der Waals surface area contributed by atoms with Crippen molar-refractivity contribution >= 4 is 45.3 Å². The molecule has 25 heavy (non-hydrogen) atoms. The van der Waals surface area contributed by atoms with Crippen LogP contribution in [0.3, 0.4) is 0 Å². The van der Waals surface area contributed by atoms with Gasteiger partial charge in [0.1, 0.15) is 17.7 Å².